The first-order chi connectivity index (χ1) is 9.20. The first-order valence-corrected chi connectivity index (χ1v) is 8.48. The lowest BCUT2D eigenvalue weighted by Crippen LogP contribution is -2.27. The Bertz CT molecular complexity index is 236. The third-order valence-electron chi connectivity index (χ3n) is 5.70. The molecule has 0 amide bonds. The molecule has 0 nitrogen and oxygen atoms in total. The minimum atomic E-state index is -2.08. The SMILES string of the molecule is CCCCC1CCC(C2CCC(C(F)F)CC2)CC1. The number of hydrogen-bond acceptors (Lipinski definition) is 0. The van der Waals surface area contributed by atoms with E-state index >= 15 is 0 Å². The minimum Gasteiger partial charge on any atom is -0.210 e. The number of unbranched alkanes of at least 4 members (excludes halogenated alkanes) is 1. The average Bonchev–Trinajstić information content (AvgIpc) is 2.46. The maximum Gasteiger partial charge on any atom is 0.241 e. The van der Waals surface area contributed by atoms with Crippen LogP contribution < -0.4 is 0 Å². The summed E-state index contributed by atoms with van der Waals surface area (Å²) in [4.78, 5) is 0. The molecule has 0 aromatic carbocycles. The molecule has 0 N–H and O–H groups in total. The minimum absolute atomic E-state index is 0.294. The van der Waals surface area contributed by atoms with Gasteiger partial charge in [-0.3, -0.25) is 0 Å². The van der Waals surface area contributed by atoms with Crippen molar-refractivity contribution in [3.8, 4) is 0 Å². The van der Waals surface area contributed by atoms with Gasteiger partial charge in [0.1, 0.15) is 0 Å². The van der Waals surface area contributed by atoms with Gasteiger partial charge in [0.25, 0.3) is 0 Å². The highest BCUT2D eigenvalue weighted by Gasteiger charge is 2.33. The molecule has 0 aromatic rings. The highest BCUT2D eigenvalue weighted by molar-refractivity contribution is 4.82. The van der Waals surface area contributed by atoms with Gasteiger partial charge in [0.2, 0.25) is 6.43 Å². The summed E-state index contributed by atoms with van der Waals surface area (Å²) in [6.45, 7) is 2.27. The van der Waals surface area contributed by atoms with Crippen molar-refractivity contribution in [2.24, 2.45) is 23.7 Å². The van der Waals surface area contributed by atoms with Crippen LogP contribution in [-0.4, -0.2) is 6.43 Å². The van der Waals surface area contributed by atoms with Crippen molar-refractivity contribution in [2.75, 3.05) is 0 Å². The van der Waals surface area contributed by atoms with E-state index in [9.17, 15) is 8.78 Å². The van der Waals surface area contributed by atoms with Crippen LogP contribution in [0.4, 0.5) is 8.78 Å². The monoisotopic (exact) mass is 272 g/mol. The second kappa shape index (κ2) is 7.59. The van der Waals surface area contributed by atoms with Gasteiger partial charge in [0.05, 0.1) is 0 Å². The molecule has 0 heterocycles. The van der Waals surface area contributed by atoms with Crippen LogP contribution >= 0.6 is 0 Å². The molecule has 0 bridgehead atoms. The van der Waals surface area contributed by atoms with E-state index in [4.69, 9.17) is 0 Å². The summed E-state index contributed by atoms with van der Waals surface area (Å²) in [5.41, 5.74) is 0. The summed E-state index contributed by atoms with van der Waals surface area (Å²) in [5, 5.41) is 0. The lowest BCUT2D eigenvalue weighted by molar-refractivity contribution is 0.0340. The number of hydrogen-bond donors (Lipinski definition) is 0. The van der Waals surface area contributed by atoms with Gasteiger partial charge in [0.15, 0.2) is 0 Å². The van der Waals surface area contributed by atoms with Crippen LogP contribution in [0.3, 0.4) is 0 Å². The third kappa shape index (κ3) is 4.43. The molecule has 2 saturated carbocycles. The molecular formula is C17H30F2. The summed E-state index contributed by atoms with van der Waals surface area (Å²) < 4.78 is 25.3. The Labute approximate surface area is 117 Å². The molecular weight excluding hydrogens is 242 g/mol. The van der Waals surface area contributed by atoms with Crippen molar-refractivity contribution in [1.82, 2.24) is 0 Å². The molecule has 0 radical (unpaired) electrons. The maximum atomic E-state index is 12.7. The van der Waals surface area contributed by atoms with Gasteiger partial charge in [-0.15, -0.1) is 0 Å². The van der Waals surface area contributed by atoms with Gasteiger partial charge in [-0.1, -0.05) is 39.0 Å². The Morgan fingerprint density at radius 3 is 1.84 bits per heavy atom. The molecule has 2 rings (SSSR count). The predicted octanol–water partition coefficient (Wildman–Crippen LogP) is 6.05. The summed E-state index contributed by atoms with van der Waals surface area (Å²) in [6, 6.07) is 0. The fraction of sp³-hybridized carbons (Fsp3) is 1.00. The van der Waals surface area contributed by atoms with Crippen LogP contribution in [0.2, 0.25) is 0 Å². The van der Waals surface area contributed by atoms with E-state index in [0.29, 0.717) is 0 Å². The van der Waals surface area contributed by atoms with E-state index in [0.717, 1.165) is 43.4 Å². The molecule has 19 heavy (non-hydrogen) atoms. The van der Waals surface area contributed by atoms with Crippen molar-refractivity contribution in [2.45, 2.75) is 84.0 Å². The molecule has 2 aliphatic rings. The number of halogens is 2. The molecule has 0 saturated heterocycles. The van der Waals surface area contributed by atoms with Crippen LogP contribution in [0.15, 0.2) is 0 Å². The molecule has 0 aromatic heterocycles. The van der Waals surface area contributed by atoms with E-state index < -0.39 is 6.43 Å². The average molecular weight is 272 g/mol. The molecule has 2 heteroatoms. The van der Waals surface area contributed by atoms with Crippen molar-refractivity contribution < 1.29 is 8.78 Å². The Kier molecular flexibility index (Phi) is 6.09. The first-order valence-electron chi connectivity index (χ1n) is 8.48. The Morgan fingerprint density at radius 1 is 0.842 bits per heavy atom. The Hall–Kier alpha value is -0.140. The fourth-order valence-corrected chi connectivity index (χ4v) is 4.31. The molecule has 0 aliphatic heterocycles. The Balaban J connectivity index is 1.68. The maximum absolute atomic E-state index is 12.7. The number of alkyl halides is 2. The van der Waals surface area contributed by atoms with Crippen molar-refractivity contribution in [3.05, 3.63) is 0 Å². The van der Waals surface area contributed by atoms with Gasteiger partial charge < -0.3 is 0 Å². The van der Waals surface area contributed by atoms with Crippen molar-refractivity contribution in [3.63, 3.8) is 0 Å². The third-order valence-corrected chi connectivity index (χ3v) is 5.70. The Morgan fingerprint density at radius 2 is 1.37 bits per heavy atom. The van der Waals surface area contributed by atoms with Crippen LogP contribution in [0.1, 0.15) is 77.6 Å². The van der Waals surface area contributed by atoms with Gasteiger partial charge in [-0.05, 0) is 56.3 Å². The van der Waals surface area contributed by atoms with Crippen LogP contribution in [0, 0.1) is 23.7 Å². The van der Waals surface area contributed by atoms with Crippen LogP contribution in [0.25, 0.3) is 0 Å². The van der Waals surface area contributed by atoms with Crippen LogP contribution in [0.5, 0.6) is 0 Å². The largest absolute Gasteiger partial charge is 0.241 e. The van der Waals surface area contributed by atoms with E-state index in [-0.39, 0.29) is 5.92 Å². The summed E-state index contributed by atoms with van der Waals surface area (Å²) >= 11 is 0. The van der Waals surface area contributed by atoms with E-state index in [2.05, 4.69) is 6.92 Å². The highest BCUT2D eigenvalue weighted by atomic mass is 19.3. The first kappa shape index (κ1) is 15.3. The zero-order valence-corrected chi connectivity index (χ0v) is 12.4. The summed E-state index contributed by atoms with van der Waals surface area (Å²) in [6.07, 6.45) is 11.3. The van der Waals surface area contributed by atoms with Gasteiger partial charge >= 0.3 is 0 Å². The van der Waals surface area contributed by atoms with Gasteiger partial charge in [0, 0.05) is 5.92 Å². The zero-order chi connectivity index (χ0) is 13.7. The quantitative estimate of drug-likeness (QED) is 0.571. The molecule has 2 aliphatic carbocycles. The van der Waals surface area contributed by atoms with Crippen molar-refractivity contribution >= 4 is 0 Å². The van der Waals surface area contributed by atoms with E-state index in [1.807, 2.05) is 0 Å². The van der Waals surface area contributed by atoms with Gasteiger partial charge in [-0.25, -0.2) is 8.78 Å². The van der Waals surface area contributed by atoms with E-state index in [1.165, 1.54) is 44.9 Å². The zero-order valence-electron chi connectivity index (χ0n) is 12.4. The second-order valence-electron chi connectivity index (χ2n) is 6.93. The van der Waals surface area contributed by atoms with E-state index in [1.54, 1.807) is 0 Å². The standard InChI is InChI=1S/C17H30F2/c1-2-3-4-13-5-7-14(8-6-13)15-9-11-16(12-10-15)17(18)19/h13-17H,2-12H2,1H3. The molecule has 0 spiro atoms. The van der Waals surface area contributed by atoms with Crippen molar-refractivity contribution in [1.29, 1.82) is 0 Å². The molecule has 2 fully saturated rings. The normalized spacial score (nSPS) is 36.6. The molecule has 0 unspecified atom stereocenters. The highest BCUT2D eigenvalue weighted by Crippen LogP contribution is 2.43. The predicted molar refractivity (Wildman–Crippen MR) is 76.4 cm³/mol. The fourth-order valence-electron chi connectivity index (χ4n) is 4.31. The molecule has 0 atom stereocenters. The smallest absolute Gasteiger partial charge is 0.210 e. The number of rotatable bonds is 5. The lowest BCUT2D eigenvalue weighted by atomic mass is 9.69. The molecule has 112 valence electrons. The lowest BCUT2D eigenvalue weighted by Gasteiger charge is -2.37. The van der Waals surface area contributed by atoms with Gasteiger partial charge in [-0.2, -0.15) is 0 Å². The topological polar surface area (TPSA) is 0 Å². The summed E-state index contributed by atoms with van der Waals surface area (Å²) in [5.74, 6) is 2.30. The second-order valence-corrected chi connectivity index (χ2v) is 6.93. The summed E-state index contributed by atoms with van der Waals surface area (Å²) in [7, 11) is 0. The van der Waals surface area contributed by atoms with Crippen LogP contribution in [-0.2, 0) is 0 Å².